The zero-order valence-electron chi connectivity index (χ0n) is 4.18. The Morgan fingerprint density at radius 2 is 2.57 bits per heavy atom. The number of nitrogens with one attached hydrogen (secondary N) is 1. The molecule has 0 spiro atoms. The first-order valence-corrected chi connectivity index (χ1v) is 2.82. The fraction of sp³-hybridized carbons (Fsp3) is 1.00. The molecule has 0 aliphatic carbocycles. The summed E-state index contributed by atoms with van der Waals surface area (Å²) in [5.74, 6) is 0. The first-order chi connectivity index (χ1) is 3.47. The second-order valence-electron chi connectivity index (χ2n) is 2.21. The molecule has 2 heteroatoms. The molecular formula is C5H9NO. The molecule has 2 saturated heterocycles. The van der Waals surface area contributed by atoms with Gasteiger partial charge in [-0.3, -0.25) is 0 Å². The molecule has 1 N–H and O–H groups in total. The summed E-state index contributed by atoms with van der Waals surface area (Å²) in [6, 6.07) is 0.722. The number of fused-ring (bicyclic) bond motifs is 1. The second-order valence-corrected chi connectivity index (χ2v) is 2.21. The van der Waals surface area contributed by atoms with Crippen LogP contribution in [0.3, 0.4) is 0 Å². The van der Waals surface area contributed by atoms with Gasteiger partial charge >= 0.3 is 0 Å². The monoisotopic (exact) mass is 99.1 g/mol. The SMILES string of the molecule is C1CC2NCC2O1. The van der Waals surface area contributed by atoms with Crippen LogP contribution in [0.1, 0.15) is 6.42 Å². The first-order valence-electron chi connectivity index (χ1n) is 2.82. The van der Waals surface area contributed by atoms with Crippen LogP contribution in [-0.4, -0.2) is 25.3 Å². The highest BCUT2D eigenvalue weighted by Gasteiger charge is 2.35. The van der Waals surface area contributed by atoms with Crippen molar-refractivity contribution in [2.75, 3.05) is 13.2 Å². The van der Waals surface area contributed by atoms with Gasteiger partial charge < -0.3 is 10.1 Å². The Labute approximate surface area is 42.9 Å². The van der Waals surface area contributed by atoms with Crippen molar-refractivity contribution in [1.82, 2.24) is 5.32 Å². The van der Waals surface area contributed by atoms with Gasteiger partial charge in [-0.2, -0.15) is 0 Å². The molecule has 2 aliphatic rings. The maximum Gasteiger partial charge on any atom is 0.0853 e. The Balaban J connectivity index is 2.03. The molecule has 2 nitrogen and oxygen atoms in total. The van der Waals surface area contributed by atoms with E-state index in [0.29, 0.717) is 6.10 Å². The first kappa shape index (κ1) is 3.87. The van der Waals surface area contributed by atoms with Crippen molar-refractivity contribution >= 4 is 0 Å². The van der Waals surface area contributed by atoms with Crippen LogP contribution >= 0.6 is 0 Å². The predicted octanol–water partition coefficient (Wildman–Crippen LogP) is -0.253. The molecular weight excluding hydrogens is 90.1 g/mol. The topological polar surface area (TPSA) is 21.3 Å². The third-order valence-corrected chi connectivity index (χ3v) is 1.79. The molecule has 0 radical (unpaired) electrons. The lowest BCUT2D eigenvalue weighted by molar-refractivity contribution is 0.0584. The third kappa shape index (κ3) is 0.409. The Morgan fingerprint density at radius 3 is 2.86 bits per heavy atom. The number of hydrogen-bond donors (Lipinski definition) is 1. The Bertz CT molecular complexity index is 74.1. The quantitative estimate of drug-likeness (QED) is 0.452. The molecule has 0 amide bonds. The summed E-state index contributed by atoms with van der Waals surface area (Å²) in [5, 5.41) is 3.28. The Hall–Kier alpha value is -0.0800. The van der Waals surface area contributed by atoms with Gasteiger partial charge in [-0.25, -0.2) is 0 Å². The molecule has 7 heavy (non-hydrogen) atoms. The van der Waals surface area contributed by atoms with Crippen molar-refractivity contribution < 1.29 is 4.74 Å². The summed E-state index contributed by atoms with van der Waals surface area (Å²) >= 11 is 0. The molecule has 2 heterocycles. The Morgan fingerprint density at radius 1 is 1.57 bits per heavy atom. The lowest BCUT2D eigenvalue weighted by Gasteiger charge is -2.29. The largest absolute Gasteiger partial charge is 0.375 e. The van der Waals surface area contributed by atoms with E-state index in [1.54, 1.807) is 0 Å². The molecule has 40 valence electrons. The van der Waals surface area contributed by atoms with Gasteiger partial charge in [0.25, 0.3) is 0 Å². The fourth-order valence-corrected chi connectivity index (χ4v) is 1.19. The number of ether oxygens (including phenoxy) is 1. The highest BCUT2D eigenvalue weighted by Crippen LogP contribution is 2.18. The maximum absolute atomic E-state index is 5.29. The summed E-state index contributed by atoms with van der Waals surface area (Å²) in [4.78, 5) is 0. The van der Waals surface area contributed by atoms with Crippen LogP contribution in [0.25, 0.3) is 0 Å². The summed E-state index contributed by atoms with van der Waals surface area (Å²) in [6.07, 6.45) is 1.81. The van der Waals surface area contributed by atoms with Crippen LogP contribution in [0, 0.1) is 0 Å². The van der Waals surface area contributed by atoms with Crippen LogP contribution in [0.15, 0.2) is 0 Å². The minimum atomic E-state index is 0.583. The summed E-state index contributed by atoms with van der Waals surface area (Å²) < 4.78 is 5.29. The van der Waals surface area contributed by atoms with E-state index in [1.165, 1.54) is 6.42 Å². The summed E-state index contributed by atoms with van der Waals surface area (Å²) in [7, 11) is 0. The molecule has 2 aliphatic heterocycles. The molecule has 0 aromatic carbocycles. The maximum atomic E-state index is 5.29. The van der Waals surface area contributed by atoms with Gasteiger partial charge in [-0.1, -0.05) is 0 Å². The van der Waals surface area contributed by atoms with E-state index >= 15 is 0 Å². The smallest absolute Gasteiger partial charge is 0.0853 e. The van der Waals surface area contributed by atoms with Crippen LogP contribution in [-0.2, 0) is 4.74 Å². The molecule has 0 aromatic heterocycles. The average molecular weight is 99.1 g/mol. The molecule has 2 fully saturated rings. The third-order valence-electron chi connectivity index (χ3n) is 1.79. The molecule has 0 aromatic rings. The van der Waals surface area contributed by atoms with Crippen molar-refractivity contribution in [3.63, 3.8) is 0 Å². The predicted molar refractivity (Wildman–Crippen MR) is 26.1 cm³/mol. The van der Waals surface area contributed by atoms with Crippen LogP contribution in [0.2, 0.25) is 0 Å². The minimum absolute atomic E-state index is 0.583. The summed E-state index contributed by atoms with van der Waals surface area (Å²) in [5.41, 5.74) is 0. The highest BCUT2D eigenvalue weighted by atomic mass is 16.5. The van der Waals surface area contributed by atoms with Gasteiger partial charge in [0.1, 0.15) is 0 Å². The van der Waals surface area contributed by atoms with Gasteiger partial charge in [0.2, 0.25) is 0 Å². The van der Waals surface area contributed by atoms with Gasteiger partial charge in [0.05, 0.1) is 6.10 Å². The summed E-state index contributed by atoms with van der Waals surface area (Å²) in [6.45, 7) is 2.06. The van der Waals surface area contributed by atoms with Crippen molar-refractivity contribution in [3.8, 4) is 0 Å². The minimum Gasteiger partial charge on any atom is -0.375 e. The van der Waals surface area contributed by atoms with E-state index in [0.717, 1.165) is 19.2 Å². The molecule has 2 rings (SSSR count). The molecule has 0 saturated carbocycles. The zero-order chi connectivity index (χ0) is 4.69. The van der Waals surface area contributed by atoms with Crippen LogP contribution in [0.5, 0.6) is 0 Å². The van der Waals surface area contributed by atoms with E-state index in [2.05, 4.69) is 5.32 Å². The normalized spacial score (nSPS) is 48.0. The fourth-order valence-electron chi connectivity index (χ4n) is 1.19. The van der Waals surface area contributed by atoms with E-state index < -0.39 is 0 Å². The molecule has 2 unspecified atom stereocenters. The standard InChI is InChI=1S/C5H9NO/c1-2-7-5-3-6-4(1)5/h4-6H,1-3H2. The second kappa shape index (κ2) is 1.20. The van der Waals surface area contributed by atoms with E-state index in [1.807, 2.05) is 0 Å². The van der Waals surface area contributed by atoms with Crippen molar-refractivity contribution in [3.05, 3.63) is 0 Å². The van der Waals surface area contributed by atoms with Crippen LogP contribution in [0.4, 0.5) is 0 Å². The van der Waals surface area contributed by atoms with Gasteiger partial charge in [0, 0.05) is 19.2 Å². The van der Waals surface area contributed by atoms with E-state index in [-0.39, 0.29) is 0 Å². The lowest BCUT2D eigenvalue weighted by Crippen LogP contribution is -2.54. The Kier molecular flexibility index (Phi) is 0.664. The van der Waals surface area contributed by atoms with E-state index in [4.69, 9.17) is 4.74 Å². The van der Waals surface area contributed by atoms with Gasteiger partial charge in [0.15, 0.2) is 0 Å². The highest BCUT2D eigenvalue weighted by molar-refractivity contribution is 4.92. The van der Waals surface area contributed by atoms with Gasteiger partial charge in [-0.05, 0) is 6.42 Å². The number of hydrogen-bond acceptors (Lipinski definition) is 2. The zero-order valence-corrected chi connectivity index (χ0v) is 4.18. The molecule has 0 bridgehead atoms. The molecule has 2 atom stereocenters. The van der Waals surface area contributed by atoms with E-state index in [9.17, 15) is 0 Å². The van der Waals surface area contributed by atoms with Gasteiger partial charge in [-0.15, -0.1) is 0 Å². The lowest BCUT2D eigenvalue weighted by atomic mass is 10.0. The van der Waals surface area contributed by atoms with Crippen molar-refractivity contribution in [1.29, 1.82) is 0 Å². The van der Waals surface area contributed by atoms with Crippen molar-refractivity contribution in [2.45, 2.75) is 18.6 Å². The van der Waals surface area contributed by atoms with Crippen molar-refractivity contribution in [2.24, 2.45) is 0 Å². The average Bonchev–Trinajstić information content (AvgIpc) is 1.85. The van der Waals surface area contributed by atoms with Crippen LogP contribution < -0.4 is 5.32 Å². The number of rotatable bonds is 0.